The topological polar surface area (TPSA) is 92.6 Å². The molecule has 0 spiro atoms. The molecule has 1 aromatic carbocycles. The predicted octanol–water partition coefficient (Wildman–Crippen LogP) is 1.47. The van der Waals surface area contributed by atoms with E-state index in [9.17, 15) is 9.59 Å². The lowest BCUT2D eigenvalue weighted by Crippen LogP contribution is -2.49. The Morgan fingerprint density at radius 1 is 1.17 bits per heavy atom. The molecule has 1 N–H and O–H groups in total. The maximum Gasteiger partial charge on any atom is 0.307 e. The molecule has 10 heteroatoms. The van der Waals surface area contributed by atoms with Crippen LogP contribution in [0, 0.1) is 6.92 Å². The van der Waals surface area contributed by atoms with E-state index in [1.165, 1.54) is 4.80 Å². The van der Waals surface area contributed by atoms with Gasteiger partial charge in [0.15, 0.2) is 10.8 Å². The maximum atomic E-state index is 13.1. The minimum Gasteiger partial charge on any atom is -0.466 e. The van der Waals surface area contributed by atoms with Crippen molar-refractivity contribution in [1.82, 2.24) is 30.3 Å². The Bertz CT molecular complexity index is 885. The number of nitrogens with zero attached hydrogens (tertiary/aromatic N) is 5. The SMILES string of the molecule is CCOC(=O)CCNC(=S)N1CCCN1C(=O)c1nn(-c2ccccc2)nc1C. The molecule has 9 nitrogen and oxygen atoms in total. The Morgan fingerprint density at radius 2 is 1.90 bits per heavy atom. The van der Waals surface area contributed by atoms with E-state index >= 15 is 0 Å². The lowest BCUT2D eigenvalue weighted by Gasteiger charge is -2.29. The average molecular weight is 417 g/mol. The molecule has 1 amide bonds. The molecule has 1 aliphatic rings. The molecule has 0 bridgehead atoms. The standard InChI is InChI=1S/C19H24N6O3S/c1-3-28-16(26)10-11-20-19(29)24-13-7-12-23(24)18(27)17-14(2)21-25(22-17)15-8-5-4-6-9-15/h4-6,8-9H,3,7,10-13H2,1-2H3,(H,20,29). The Hall–Kier alpha value is -3.01. The van der Waals surface area contributed by atoms with Crippen molar-refractivity contribution in [3.8, 4) is 5.69 Å². The number of aromatic nitrogens is 3. The second-order valence-electron chi connectivity index (χ2n) is 6.45. The number of nitrogens with one attached hydrogen (secondary N) is 1. The van der Waals surface area contributed by atoms with Gasteiger partial charge in [-0.25, -0.2) is 5.01 Å². The summed E-state index contributed by atoms with van der Waals surface area (Å²) in [6.07, 6.45) is 0.998. The molecule has 3 rings (SSSR count). The van der Waals surface area contributed by atoms with E-state index < -0.39 is 0 Å². The number of hydrazine groups is 1. The number of para-hydroxylation sites is 1. The zero-order valence-corrected chi connectivity index (χ0v) is 17.3. The molecule has 0 unspecified atom stereocenters. The first-order chi connectivity index (χ1) is 14.0. The predicted molar refractivity (Wildman–Crippen MR) is 110 cm³/mol. The fraction of sp³-hybridized carbons (Fsp3) is 0.421. The molecule has 0 aliphatic carbocycles. The highest BCUT2D eigenvalue weighted by atomic mass is 32.1. The van der Waals surface area contributed by atoms with Crippen LogP contribution in [0.1, 0.15) is 35.9 Å². The van der Waals surface area contributed by atoms with Crippen molar-refractivity contribution in [1.29, 1.82) is 0 Å². The average Bonchev–Trinajstić information content (AvgIpc) is 3.35. The van der Waals surface area contributed by atoms with Crippen LogP contribution >= 0.6 is 12.2 Å². The minimum absolute atomic E-state index is 0.209. The van der Waals surface area contributed by atoms with Gasteiger partial charge in [0.2, 0.25) is 0 Å². The molecule has 0 atom stereocenters. The van der Waals surface area contributed by atoms with Crippen LogP contribution in [0.25, 0.3) is 5.69 Å². The minimum atomic E-state index is -0.287. The lowest BCUT2D eigenvalue weighted by molar-refractivity contribution is -0.142. The number of carbonyl (C=O) groups excluding carboxylic acids is 2. The van der Waals surface area contributed by atoms with Gasteiger partial charge in [-0.2, -0.15) is 9.90 Å². The highest BCUT2D eigenvalue weighted by Gasteiger charge is 2.32. The summed E-state index contributed by atoms with van der Waals surface area (Å²) in [5.41, 5.74) is 1.62. The number of amides is 1. The lowest BCUT2D eigenvalue weighted by atomic mass is 10.3. The van der Waals surface area contributed by atoms with Crippen LogP contribution in [0.2, 0.25) is 0 Å². The van der Waals surface area contributed by atoms with E-state index in [-0.39, 0.29) is 24.0 Å². The van der Waals surface area contributed by atoms with Crippen LogP contribution < -0.4 is 5.32 Å². The van der Waals surface area contributed by atoms with Crippen molar-refractivity contribution in [3.63, 3.8) is 0 Å². The van der Waals surface area contributed by atoms with Crippen molar-refractivity contribution in [2.24, 2.45) is 0 Å². The molecule has 2 aromatic rings. The largest absolute Gasteiger partial charge is 0.466 e. The highest BCUT2D eigenvalue weighted by molar-refractivity contribution is 7.80. The molecule has 154 valence electrons. The van der Waals surface area contributed by atoms with E-state index in [0.717, 1.165) is 12.1 Å². The fourth-order valence-corrected chi connectivity index (χ4v) is 3.30. The van der Waals surface area contributed by atoms with Gasteiger partial charge >= 0.3 is 5.97 Å². The van der Waals surface area contributed by atoms with E-state index in [0.29, 0.717) is 37.0 Å². The number of aryl methyl sites for hydroxylation is 1. The van der Waals surface area contributed by atoms with Gasteiger partial charge in [0, 0.05) is 19.6 Å². The maximum absolute atomic E-state index is 13.1. The zero-order valence-electron chi connectivity index (χ0n) is 16.5. The van der Waals surface area contributed by atoms with Crippen LogP contribution in [0.4, 0.5) is 0 Å². The first kappa shape index (κ1) is 20.7. The van der Waals surface area contributed by atoms with E-state index in [4.69, 9.17) is 17.0 Å². The Labute approximate surface area is 174 Å². The molecule has 0 radical (unpaired) electrons. The first-order valence-corrected chi connectivity index (χ1v) is 9.94. The number of carbonyl (C=O) groups is 2. The van der Waals surface area contributed by atoms with Gasteiger partial charge in [0.25, 0.3) is 5.91 Å². The summed E-state index contributed by atoms with van der Waals surface area (Å²) < 4.78 is 4.90. The third-order valence-electron chi connectivity index (χ3n) is 4.38. The molecule has 1 aromatic heterocycles. The zero-order chi connectivity index (χ0) is 20.8. The van der Waals surface area contributed by atoms with Gasteiger partial charge in [0.05, 0.1) is 24.4 Å². The van der Waals surface area contributed by atoms with Crippen LogP contribution in [-0.4, -0.2) is 68.2 Å². The smallest absolute Gasteiger partial charge is 0.307 e. The molecule has 2 heterocycles. The Morgan fingerprint density at radius 3 is 2.62 bits per heavy atom. The van der Waals surface area contributed by atoms with Crippen LogP contribution in [-0.2, 0) is 9.53 Å². The van der Waals surface area contributed by atoms with Gasteiger partial charge in [0.1, 0.15) is 0 Å². The first-order valence-electron chi connectivity index (χ1n) is 9.53. The normalized spacial score (nSPS) is 13.4. The number of benzene rings is 1. The van der Waals surface area contributed by atoms with E-state index in [2.05, 4.69) is 15.5 Å². The summed E-state index contributed by atoms with van der Waals surface area (Å²) in [5, 5.41) is 15.5. The molecule has 1 aliphatic heterocycles. The van der Waals surface area contributed by atoms with Crippen molar-refractivity contribution in [3.05, 3.63) is 41.7 Å². The van der Waals surface area contributed by atoms with Crippen LogP contribution in [0.15, 0.2) is 30.3 Å². The molecule has 0 saturated carbocycles. The van der Waals surface area contributed by atoms with Crippen molar-refractivity contribution in [2.75, 3.05) is 26.2 Å². The van der Waals surface area contributed by atoms with E-state index in [1.54, 1.807) is 23.9 Å². The molecular formula is C19H24N6O3S. The highest BCUT2D eigenvalue weighted by Crippen LogP contribution is 2.17. The monoisotopic (exact) mass is 416 g/mol. The Balaban J connectivity index is 1.66. The Kier molecular flexibility index (Phi) is 6.76. The number of hydrogen-bond donors (Lipinski definition) is 1. The van der Waals surface area contributed by atoms with Crippen molar-refractivity contribution >= 4 is 29.2 Å². The molecular weight excluding hydrogens is 392 g/mol. The number of rotatable bonds is 6. The summed E-state index contributed by atoms with van der Waals surface area (Å²) in [6.45, 7) is 5.37. The third kappa shape index (κ3) is 4.89. The molecule has 1 saturated heterocycles. The summed E-state index contributed by atoms with van der Waals surface area (Å²) in [6, 6.07) is 9.43. The van der Waals surface area contributed by atoms with Crippen molar-refractivity contribution in [2.45, 2.75) is 26.7 Å². The third-order valence-corrected chi connectivity index (χ3v) is 4.74. The number of esters is 1. The number of thiocarbonyl (C=S) groups is 1. The van der Waals surface area contributed by atoms with Gasteiger partial charge in [-0.1, -0.05) is 18.2 Å². The summed E-state index contributed by atoms with van der Waals surface area (Å²) in [4.78, 5) is 26.0. The summed E-state index contributed by atoms with van der Waals surface area (Å²) in [7, 11) is 0. The van der Waals surface area contributed by atoms with E-state index in [1.807, 2.05) is 30.3 Å². The van der Waals surface area contributed by atoms with Crippen LogP contribution in [0.5, 0.6) is 0 Å². The van der Waals surface area contributed by atoms with Gasteiger partial charge in [-0.05, 0) is 44.6 Å². The molecule has 29 heavy (non-hydrogen) atoms. The quantitative estimate of drug-likeness (QED) is 0.559. The molecule has 1 fully saturated rings. The second-order valence-corrected chi connectivity index (χ2v) is 6.84. The number of hydrogen-bond acceptors (Lipinski definition) is 6. The van der Waals surface area contributed by atoms with Gasteiger partial charge in [-0.15, -0.1) is 5.10 Å². The van der Waals surface area contributed by atoms with Gasteiger partial charge in [-0.3, -0.25) is 14.6 Å². The number of ether oxygens (including phenoxy) is 1. The van der Waals surface area contributed by atoms with Gasteiger partial charge < -0.3 is 10.1 Å². The van der Waals surface area contributed by atoms with Crippen molar-refractivity contribution < 1.29 is 14.3 Å². The summed E-state index contributed by atoms with van der Waals surface area (Å²) in [5.74, 6) is -0.540. The van der Waals surface area contributed by atoms with Crippen LogP contribution in [0.3, 0.4) is 0 Å². The summed E-state index contributed by atoms with van der Waals surface area (Å²) >= 11 is 5.42. The second kappa shape index (κ2) is 9.46. The fourth-order valence-electron chi connectivity index (χ4n) is 3.01.